The van der Waals surface area contributed by atoms with Crippen LogP contribution in [-0.4, -0.2) is 37.0 Å². The lowest BCUT2D eigenvalue weighted by Gasteiger charge is -2.16. The van der Waals surface area contributed by atoms with Gasteiger partial charge in [0.15, 0.2) is 0 Å². The van der Waals surface area contributed by atoms with Gasteiger partial charge >= 0.3 is 6.09 Å². The van der Waals surface area contributed by atoms with Crippen LogP contribution in [0, 0.1) is 0 Å². The number of benzene rings is 2. The number of carbonyl (C=O) groups is 1. The van der Waals surface area contributed by atoms with E-state index < -0.39 is 16.1 Å². The van der Waals surface area contributed by atoms with E-state index in [2.05, 4.69) is 5.32 Å². The van der Waals surface area contributed by atoms with Crippen LogP contribution in [0.2, 0.25) is 0 Å². The second-order valence-electron chi connectivity index (χ2n) is 5.98. The fourth-order valence-electron chi connectivity index (χ4n) is 2.72. The van der Waals surface area contributed by atoms with Crippen LogP contribution in [0.5, 0.6) is 5.75 Å². The number of nitrogens with zero attached hydrogens (tertiary/aromatic N) is 1. The molecule has 0 radical (unpaired) electrons. The Labute approximate surface area is 152 Å². The SMILES string of the molecule is O=C(Nc1cc(S(=O)(=O)N2CCCC2)ccc1O)OCc1ccccc1. The first-order valence-corrected chi connectivity index (χ1v) is 9.72. The summed E-state index contributed by atoms with van der Waals surface area (Å²) < 4.78 is 31.7. The Balaban J connectivity index is 1.70. The first-order chi connectivity index (χ1) is 12.5. The molecule has 26 heavy (non-hydrogen) atoms. The predicted molar refractivity (Wildman–Crippen MR) is 96.3 cm³/mol. The number of rotatable bonds is 5. The van der Waals surface area contributed by atoms with Crippen LogP contribution in [0.1, 0.15) is 18.4 Å². The van der Waals surface area contributed by atoms with Gasteiger partial charge in [0, 0.05) is 13.1 Å². The largest absolute Gasteiger partial charge is 0.506 e. The number of phenolic OH excluding ortho intramolecular Hbond substituents is 1. The molecular formula is C18H20N2O5S. The second-order valence-corrected chi connectivity index (χ2v) is 7.91. The number of amides is 1. The molecule has 0 atom stereocenters. The van der Waals surface area contributed by atoms with Crippen LogP contribution in [0.15, 0.2) is 53.4 Å². The van der Waals surface area contributed by atoms with Crippen molar-refractivity contribution in [3.8, 4) is 5.75 Å². The lowest BCUT2D eigenvalue weighted by atomic mass is 10.2. The minimum Gasteiger partial charge on any atom is -0.506 e. The van der Waals surface area contributed by atoms with Crippen molar-refractivity contribution >= 4 is 21.8 Å². The first-order valence-electron chi connectivity index (χ1n) is 8.28. The van der Waals surface area contributed by atoms with E-state index in [4.69, 9.17) is 4.74 Å². The van der Waals surface area contributed by atoms with Gasteiger partial charge in [0.25, 0.3) is 0 Å². The molecule has 7 nitrogen and oxygen atoms in total. The molecule has 138 valence electrons. The number of nitrogens with one attached hydrogen (secondary N) is 1. The van der Waals surface area contributed by atoms with Crippen molar-refractivity contribution in [3.05, 3.63) is 54.1 Å². The van der Waals surface area contributed by atoms with Crippen molar-refractivity contribution in [1.29, 1.82) is 0 Å². The maximum atomic E-state index is 12.6. The van der Waals surface area contributed by atoms with Crippen molar-refractivity contribution in [3.63, 3.8) is 0 Å². The molecule has 1 aliphatic heterocycles. The molecule has 0 aromatic heterocycles. The molecule has 0 spiro atoms. The minimum atomic E-state index is -3.64. The average molecular weight is 376 g/mol. The van der Waals surface area contributed by atoms with Gasteiger partial charge < -0.3 is 9.84 Å². The molecule has 2 aromatic carbocycles. The van der Waals surface area contributed by atoms with Crippen LogP contribution in [-0.2, 0) is 21.4 Å². The summed E-state index contributed by atoms with van der Waals surface area (Å²) in [7, 11) is -3.64. The number of anilines is 1. The third-order valence-electron chi connectivity index (χ3n) is 4.12. The number of hydrogen-bond acceptors (Lipinski definition) is 5. The van der Waals surface area contributed by atoms with Gasteiger partial charge in [-0.05, 0) is 36.6 Å². The molecule has 1 aliphatic rings. The molecule has 1 fully saturated rings. The Morgan fingerprint density at radius 3 is 2.50 bits per heavy atom. The number of ether oxygens (including phenoxy) is 1. The van der Waals surface area contributed by atoms with Gasteiger partial charge in [-0.15, -0.1) is 0 Å². The highest BCUT2D eigenvalue weighted by atomic mass is 32.2. The molecule has 1 amide bonds. The third-order valence-corrected chi connectivity index (χ3v) is 6.01. The number of sulfonamides is 1. The lowest BCUT2D eigenvalue weighted by molar-refractivity contribution is 0.155. The summed E-state index contributed by atoms with van der Waals surface area (Å²) >= 11 is 0. The van der Waals surface area contributed by atoms with Crippen LogP contribution in [0.25, 0.3) is 0 Å². The van der Waals surface area contributed by atoms with Crippen LogP contribution < -0.4 is 5.32 Å². The van der Waals surface area contributed by atoms with Crippen LogP contribution in [0.3, 0.4) is 0 Å². The van der Waals surface area contributed by atoms with Crippen molar-refractivity contribution < 1.29 is 23.1 Å². The first kappa shape index (κ1) is 18.2. The summed E-state index contributed by atoms with van der Waals surface area (Å²) in [6.07, 6.45) is 0.877. The molecule has 0 unspecified atom stereocenters. The number of phenols is 1. The van der Waals surface area contributed by atoms with E-state index in [1.807, 2.05) is 30.3 Å². The monoisotopic (exact) mass is 376 g/mol. The Morgan fingerprint density at radius 2 is 1.81 bits per heavy atom. The van der Waals surface area contributed by atoms with E-state index >= 15 is 0 Å². The van der Waals surface area contributed by atoms with Crippen molar-refractivity contribution in [2.45, 2.75) is 24.3 Å². The van der Waals surface area contributed by atoms with E-state index in [0.717, 1.165) is 18.4 Å². The van der Waals surface area contributed by atoms with Crippen LogP contribution >= 0.6 is 0 Å². The van der Waals surface area contributed by atoms with Gasteiger partial charge in [0.2, 0.25) is 10.0 Å². The Bertz CT molecular complexity index is 878. The number of carbonyl (C=O) groups excluding carboxylic acids is 1. The zero-order valence-electron chi connectivity index (χ0n) is 14.1. The summed E-state index contributed by atoms with van der Waals surface area (Å²) in [6, 6.07) is 13.0. The average Bonchev–Trinajstić information content (AvgIpc) is 3.18. The lowest BCUT2D eigenvalue weighted by Crippen LogP contribution is -2.28. The van der Waals surface area contributed by atoms with Crippen molar-refractivity contribution in [2.75, 3.05) is 18.4 Å². The summed E-state index contributed by atoms with van der Waals surface area (Å²) in [6.45, 7) is 1.02. The molecule has 0 bridgehead atoms. The maximum Gasteiger partial charge on any atom is 0.412 e. The molecule has 1 saturated heterocycles. The van der Waals surface area contributed by atoms with Gasteiger partial charge in [-0.25, -0.2) is 13.2 Å². The highest BCUT2D eigenvalue weighted by molar-refractivity contribution is 7.89. The second kappa shape index (κ2) is 7.76. The van der Waals surface area contributed by atoms with Crippen LogP contribution in [0.4, 0.5) is 10.5 Å². The van der Waals surface area contributed by atoms with Gasteiger partial charge in [-0.1, -0.05) is 30.3 Å². The molecule has 0 aliphatic carbocycles. The highest BCUT2D eigenvalue weighted by Crippen LogP contribution is 2.29. The fraction of sp³-hybridized carbons (Fsp3) is 0.278. The smallest absolute Gasteiger partial charge is 0.412 e. The summed E-state index contributed by atoms with van der Waals surface area (Å²) in [5.41, 5.74) is 0.806. The molecule has 3 rings (SSSR count). The number of aromatic hydroxyl groups is 1. The van der Waals surface area contributed by atoms with Gasteiger partial charge in [0.05, 0.1) is 10.6 Å². The molecule has 0 saturated carbocycles. The highest BCUT2D eigenvalue weighted by Gasteiger charge is 2.28. The minimum absolute atomic E-state index is 0.0108. The number of hydrogen-bond donors (Lipinski definition) is 2. The zero-order valence-corrected chi connectivity index (χ0v) is 14.9. The standard InChI is InChI=1S/C18H20N2O5S/c21-17-9-8-15(26(23,24)20-10-4-5-11-20)12-16(17)19-18(22)25-13-14-6-2-1-3-7-14/h1-3,6-9,12,21H,4-5,10-11,13H2,(H,19,22). The Morgan fingerprint density at radius 1 is 1.12 bits per heavy atom. The zero-order chi connectivity index (χ0) is 18.6. The van der Waals surface area contributed by atoms with E-state index in [1.54, 1.807) is 0 Å². The molecular weight excluding hydrogens is 356 g/mol. The van der Waals surface area contributed by atoms with E-state index in [0.29, 0.717) is 13.1 Å². The Kier molecular flexibility index (Phi) is 5.43. The molecule has 8 heteroatoms. The van der Waals surface area contributed by atoms with E-state index in [1.165, 1.54) is 22.5 Å². The van der Waals surface area contributed by atoms with Gasteiger partial charge in [0.1, 0.15) is 12.4 Å². The normalized spacial score (nSPS) is 14.9. The van der Waals surface area contributed by atoms with Gasteiger partial charge in [-0.3, -0.25) is 5.32 Å². The van der Waals surface area contributed by atoms with Crippen molar-refractivity contribution in [1.82, 2.24) is 4.31 Å². The van der Waals surface area contributed by atoms with E-state index in [9.17, 15) is 18.3 Å². The Hall–Kier alpha value is -2.58. The maximum absolute atomic E-state index is 12.6. The molecule has 2 N–H and O–H groups in total. The summed E-state index contributed by atoms with van der Waals surface area (Å²) in [5.74, 6) is -0.234. The van der Waals surface area contributed by atoms with Crippen molar-refractivity contribution in [2.24, 2.45) is 0 Å². The predicted octanol–water partition coefficient (Wildman–Crippen LogP) is 2.93. The fourth-order valence-corrected chi connectivity index (χ4v) is 4.27. The quantitative estimate of drug-likeness (QED) is 0.782. The topological polar surface area (TPSA) is 95.9 Å². The van der Waals surface area contributed by atoms with E-state index in [-0.39, 0.29) is 22.9 Å². The third kappa shape index (κ3) is 4.14. The molecule has 2 aromatic rings. The summed E-state index contributed by atoms with van der Waals surface area (Å²) in [4.78, 5) is 12.0. The molecule has 1 heterocycles. The van der Waals surface area contributed by atoms with Gasteiger partial charge in [-0.2, -0.15) is 4.31 Å². The summed E-state index contributed by atoms with van der Waals surface area (Å²) in [5, 5.41) is 12.3.